The van der Waals surface area contributed by atoms with E-state index in [9.17, 15) is 18.0 Å². The summed E-state index contributed by atoms with van der Waals surface area (Å²) in [7, 11) is 1.28. The first kappa shape index (κ1) is 23.9. The van der Waals surface area contributed by atoms with Gasteiger partial charge in [-0.25, -0.2) is 17.7 Å². The molecule has 0 aliphatic carbocycles. The number of aryl methyl sites for hydroxylation is 3. The molecular formula is C24H29N5O4S. The van der Waals surface area contributed by atoms with Crippen LogP contribution < -0.4 is 10.2 Å². The van der Waals surface area contributed by atoms with Crippen molar-refractivity contribution in [3.8, 4) is 0 Å². The van der Waals surface area contributed by atoms with Gasteiger partial charge in [-0.05, 0) is 55.3 Å². The monoisotopic (exact) mass is 483 g/mol. The zero-order valence-electron chi connectivity index (χ0n) is 19.8. The van der Waals surface area contributed by atoms with Gasteiger partial charge in [0.05, 0.1) is 15.9 Å². The SMILES string of the molecule is Cc1cc(NC(=O)CCc2nc3cc(S(=O)(=O)N(C)C)ccc3n2C)ccc1N1CCCC1=O. The predicted molar refractivity (Wildman–Crippen MR) is 131 cm³/mol. The molecule has 0 unspecified atom stereocenters. The first-order valence-corrected chi connectivity index (χ1v) is 12.6. The number of imidazole rings is 1. The molecule has 3 aromatic rings. The maximum absolute atomic E-state index is 12.6. The minimum Gasteiger partial charge on any atom is -0.331 e. The number of nitrogens with zero attached hydrogens (tertiary/aromatic N) is 4. The van der Waals surface area contributed by atoms with Crippen molar-refractivity contribution >= 4 is 44.2 Å². The third-order valence-corrected chi connectivity index (χ3v) is 7.96. The summed E-state index contributed by atoms with van der Waals surface area (Å²) in [5.41, 5.74) is 3.88. The van der Waals surface area contributed by atoms with Gasteiger partial charge in [-0.2, -0.15) is 0 Å². The van der Waals surface area contributed by atoms with E-state index in [1.807, 2.05) is 36.7 Å². The summed E-state index contributed by atoms with van der Waals surface area (Å²) in [4.78, 5) is 31.1. The van der Waals surface area contributed by atoms with Gasteiger partial charge in [-0.3, -0.25) is 9.59 Å². The van der Waals surface area contributed by atoms with Gasteiger partial charge in [0.15, 0.2) is 0 Å². The Labute approximate surface area is 199 Å². The van der Waals surface area contributed by atoms with Gasteiger partial charge in [0.25, 0.3) is 0 Å². The van der Waals surface area contributed by atoms with Gasteiger partial charge in [-0.1, -0.05) is 0 Å². The third kappa shape index (κ3) is 4.55. The van der Waals surface area contributed by atoms with Gasteiger partial charge in [-0.15, -0.1) is 0 Å². The summed E-state index contributed by atoms with van der Waals surface area (Å²) < 4.78 is 27.9. The highest BCUT2D eigenvalue weighted by Gasteiger charge is 2.23. The largest absolute Gasteiger partial charge is 0.331 e. The molecule has 4 rings (SSSR count). The maximum Gasteiger partial charge on any atom is 0.242 e. The molecular weight excluding hydrogens is 454 g/mol. The van der Waals surface area contributed by atoms with Crippen LogP contribution in [0.15, 0.2) is 41.3 Å². The van der Waals surface area contributed by atoms with Crippen LogP contribution in [-0.2, 0) is 33.1 Å². The van der Waals surface area contributed by atoms with Crippen molar-refractivity contribution in [3.63, 3.8) is 0 Å². The number of rotatable bonds is 7. The van der Waals surface area contributed by atoms with E-state index in [4.69, 9.17) is 0 Å². The van der Waals surface area contributed by atoms with Crippen LogP contribution in [0.3, 0.4) is 0 Å². The molecule has 1 aliphatic heterocycles. The highest BCUT2D eigenvalue weighted by atomic mass is 32.2. The smallest absolute Gasteiger partial charge is 0.242 e. The lowest BCUT2D eigenvalue weighted by Gasteiger charge is -2.19. The quantitative estimate of drug-likeness (QED) is 0.556. The summed E-state index contributed by atoms with van der Waals surface area (Å²) in [6, 6.07) is 10.4. The van der Waals surface area contributed by atoms with Crippen molar-refractivity contribution in [2.45, 2.75) is 37.5 Å². The lowest BCUT2D eigenvalue weighted by atomic mass is 10.1. The summed E-state index contributed by atoms with van der Waals surface area (Å²) >= 11 is 0. The third-order valence-electron chi connectivity index (χ3n) is 6.14. The van der Waals surface area contributed by atoms with E-state index < -0.39 is 10.0 Å². The van der Waals surface area contributed by atoms with Gasteiger partial charge < -0.3 is 14.8 Å². The highest BCUT2D eigenvalue weighted by molar-refractivity contribution is 7.89. The average molecular weight is 484 g/mol. The summed E-state index contributed by atoms with van der Waals surface area (Å²) in [6.45, 7) is 2.66. The van der Waals surface area contributed by atoms with Crippen molar-refractivity contribution in [1.82, 2.24) is 13.9 Å². The molecule has 34 heavy (non-hydrogen) atoms. The van der Waals surface area contributed by atoms with E-state index in [0.717, 1.165) is 29.7 Å². The fraction of sp³-hybridized carbons (Fsp3) is 0.375. The zero-order chi connectivity index (χ0) is 24.6. The van der Waals surface area contributed by atoms with Gasteiger partial charge in [0.2, 0.25) is 21.8 Å². The topological polar surface area (TPSA) is 105 Å². The molecule has 10 heteroatoms. The molecule has 1 aliphatic rings. The Kier molecular flexibility index (Phi) is 6.46. The second-order valence-electron chi connectivity index (χ2n) is 8.72. The van der Waals surface area contributed by atoms with Crippen LogP contribution in [0.25, 0.3) is 11.0 Å². The molecule has 2 heterocycles. The number of benzene rings is 2. The molecule has 180 valence electrons. The molecule has 1 fully saturated rings. The normalized spacial score (nSPS) is 14.4. The van der Waals surface area contributed by atoms with Crippen molar-refractivity contribution in [2.75, 3.05) is 30.9 Å². The fourth-order valence-corrected chi connectivity index (χ4v) is 5.13. The minimum absolute atomic E-state index is 0.133. The number of amides is 2. The molecule has 2 aromatic carbocycles. The summed E-state index contributed by atoms with van der Waals surface area (Å²) in [5.74, 6) is 0.685. The molecule has 1 N–H and O–H groups in total. The van der Waals surface area contributed by atoms with Crippen molar-refractivity contribution < 1.29 is 18.0 Å². The van der Waals surface area contributed by atoms with E-state index in [2.05, 4.69) is 10.3 Å². The zero-order valence-corrected chi connectivity index (χ0v) is 20.6. The molecule has 2 amide bonds. The maximum atomic E-state index is 12.6. The lowest BCUT2D eigenvalue weighted by Crippen LogP contribution is -2.24. The molecule has 0 bridgehead atoms. The molecule has 1 aromatic heterocycles. The number of carbonyl (C=O) groups excluding carboxylic acids is 2. The Hall–Kier alpha value is -3.24. The number of fused-ring (bicyclic) bond motifs is 1. The van der Waals surface area contributed by atoms with Crippen LogP contribution in [0.2, 0.25) is 0 Å². The van der Waals surface area contributed by atoms with Crippen LogP contribution in [0, 0.1) is 6.92 Å². The minimum atomic E-state index is -3.55. The molecule has 0 spiro atoms. The molecule has 1 saturated heterocycles. The standard InChI is InChI=1S/C24H29N5O4S/c1-16-14-17(7-9-20(16)29-13-5-6-24(29)31)25-23(30)12-11-22-26-19-15-18(34(32,33)27(2)3)8-10-21(19)28(22)4/h7-10,14-15H,5-6,11-13H2,1-4H3,(H,25,30). The number of hydrogen-bond donors (Lipinski definition) is 1. The molecule has 0 atom stereocenters. The first-order valence-electron chi connectivity index (χ1n) is 11.2. The van der Waals surface area contributed by atoms with Crippen LogP contribution in [0.5, 0.6) is 0 Å². The molecule has 0 radical (unpaired) electrons. The van der Waals surface area contributed by atoms with Crippen molar-refractivity contribution in [3.05, 3.63) is 47.8 Å². The van der Waals surface area contributed by atoms with Gasteiger partial charge in [0, 0.05) is 58.3 Å². The number of sulfonamides is 1. The van der Waals surface area contributed by atoms with E-state index >= 15 is 0 Å². The Morgan fingerprint density at radius 2 is 1.94 bits per heavy atom. The van der Waals surface area contributed by atoms with E-state index in [1.54, 1.807) is 23.1 Å². The Morgan fingerprint density at radius 1 is 1.18 bits per heavy atom. The van der Waals surface area contributed by atoms with Crippen LogP contribution in [0.4, 0.5) is 11.4 Å². The first-order chi connectivity index (χ1) is 16.1. The highest BCUT2D eigenvalue weighted by Crippen LogP contribution is 2.27. The summed E-state index contributed by atoms with van der Waals surface area (Å²) in [6.07, 6.45) is 2.08. The number of carbonyl (C=O) groups is 2. The number of anilines is 2. The fourth-order valence-electron chi connectivity index (χ4n) is 4.21. The average Bonchev–Trinajstić information content (AvgIpc) is 3.34. The van der Waals surface area contributed by atoms with E-state index in [0.29, 0.717) is 29.9 Å². The van der Waals surface area contributed by atoms with Gasteiger partial charge >= 0.3 is 0 Å². The number of nitrogens with one attached hydrogen (secondary N) is 1. The van der Waals surface area contributed by atoms with Crippen LogP contribution in [0.1, 0.15) is 30.7 Å². The Bertz CT molecular complexity index is 1380. The van der Waals surface area contributed by atoms with E-state index in [-0.39, 0.29) is 23.1 Å². The van der Waals surface area contributed by atoms with Crippen LogP contribution in [-0.4, -0.2) is 54.7 Å². The molecule has 9 nitrogen and oxygen atoms in total. The number of hydrogen-bond acceptors (Lipinski definition) is 5. The van der Waals surface area contributed by atoms with Crippen molar-refractivity contribution in [1.29, 1.82) is 0 Å². The number of aromatic nitrogens is 2. The summed E-state index contributed by atoms with van der Waals surface area (Å²) in [5, 5.41) is 2.91. The predicted octanol–water partition coefficient (Wildman–Crippen LogP) is 2.83. The van der Waals surface area contributed by atoms with E-state index in [1.165, 1.54) is 18.4 Å². The molecule has 0 saturated carbocycles. The Morgan fingerprint density at radius 3 is 2.59 bits per heavy atom. The van der Waals surface area contributed by atoms with Crippen molar-refractivity contribution in [2.24, 2.45) is 7.05 Å². The Balaban J connectivity index is 1.43. The second kappa shape index (κ2) is 9.19. The lowest BCUT2D eigenvalue weighted by molar-refractivity contribution is -0.117. The van der Waals surface area contributed by atoms with Crippen LogP contribution >= 0.6 is 0 Å². The second-order valence-corrected chi connectivity index (χ2v) is 10.9. The van der Waals surface area contributed by atoms with Gasteiger partial charge in [0.1, 0.15) is 5.82 Å².